The van der Waals surface area contributed by atoms with Crippen molar-refractivity contribution in [2.24, 2.45) is 11.0 Å². The molecular formula is C26H29N5OS. The molecule has 1 amide bonds. The summed E-state index contributed by atoms with van der Waals surface area (Å²) in [7, 11) is 0. The van der Waals surface area contributed by atoms with E-state index >= 15 is 0 Å². The highest BCUT2D eigenvalue weighted by Crippen LogP contribution is 2.23. The molecule has 4 rings (SSSR count). The fraction of sp³-hybridized carbons (Fsp3) is 0.269. The molecule has 2 aromatic carbocycles. The van der Waals surface area contributed by atoms with Crippen LogP contribution in [0.4, 0.5) is 0 Å². The molecule has 0 atom stereocenters. The Kier molecular flexibility index (Phi) is 6.99. The summed E-state index contributed by atoms with van der Waals surface area (Å²) < 4.78 is 2.29. The molecule has 0 unspecified atom stereocenters. The van der Waals surface area contributed by atoms with Crippen LogP contribution in [-0.2, 0) is 12.3 Å². The summed E-state index contributed by atoms with van der Waals surface area (Å²) in [5.74, 6) is 1.12. The van der Waals surface area contributed by atoms with E-state index < -0.39 is 0 Å². The first-order valence-electron chi connectivity index (χ1n) is 11.1. The molecule has 4 aromatic rings. The highest BCUT2D eigenvalue weighted by molar-refractivity contribution is 7.98. The van der Waals surface area contributed by atoms with Crippen LogP contribution in [0.5, 0.6) is 0 Å². The number of carbonyl (C=O) groups excluding carboxylic acids is 1. The van der Waals surface area contributed by atoms with Crippen molar-refractivity contribution in [3.05, 3.63) is 82.7 Å². The molecule has 0 aliphatic heterocycles. The molecule has 2 aromatic heterocycles. The van der Waals surface area contributed by atoms with E-state index in [0.29, 0.717) is 11.5 Å². The lowest BCUT2D eigenvalue weighted by Crippen LogP contribution is -2.17. The van der Waals surface area contributed by atoms with Gasteiger partial charge in [-0.25, -0.2) is 10.4 Å². The van der Waals surface area contributed by atoms with Crippen LogP contribution in [0, 0.1) is 19.8 Å². The molecule has 33 heavy (non-hydrogen) atoms. The minimum absolute atomic E-state index is 0.223. The topological polar surface area (TPSA) is 75.1 Å². The summed E-state index contributed by atoms with van der Waals surface area (Å²) in [6.07, 6.45) is 1.72. The van der Waals surface area contributed by atoms with Crippen molar-refractivity contribution in [3.8, 4) is 0 Å². The zero-order chi connectivity index (χ0) is 23.4. The van der Waals surface area contributed by atoms with Gasteiger partial charge in [-0.1, -0.05) is 49.9 Å². The molecule has 0 fully saturated rings. The van der Waals surface area contributed by atoms with E-state index in [9.17, 15) is 4.79 Å². The Morgan fingerprint density at radius 1 is 1.18 bits per heavy atom. The summed E-state index contributed by atoms with van der Waals surface area (Å²) in [6, 6.07) is 17.7. The second kappa shape index (κ2) is 10.1. The number of hydrogen-bond acceptors (Lipinski definition) is 4. The number of imidazole rings is 1. The number of carbonyl (C=O) groups is 1. The number of aromatic nitrogens is 3. The van der Waals surface area contributed by atoms with Crippen molar-refractivity contribution in [2.45, 2.75) is 45.1 Å². The van der Waals surface area contributed by atoms with Crippen molar-refractivity contribution in [1.29, 1.82) is 0 Å². The van der Waals surface area contributed by atoms with Gasteiger partial charge in [-0.05, 0) is 55.7 Å². The maximum absolute atomic E-state index is 12.5. The van der Waals surface area contributed by atoms with E-state index in [2.05, 4.69) is 58.8 Å². The highest BCUT2D eigenvalue weighted by atomic mass is 32.2. The SMILES string of the molecule is Cc1cc(C=NNC(=O)c2ccc(CSc3nc4ccccc4[nH]3)cc2)c(C)n1CC(C)C. The number of H-pyrrole nitrogens is 1. The summed E-state index contributed by atoms with van der Waals surface area (Å²) in [4.78, 5) is 20.4. The fourth-order valence-corrected chi connectivity index (χ4v) is 4.57. The number of para-hydroxylation sites is 2. The van der Waals surface area contributed by atoms with Crippen molar-refractivity contribution >= 4 is 34.9 Å². The lowest BCUT2D eigenvalue weighted by Gasteiger charge is -2.11. The predicted molar refractivity (Wildman–Crippen MR) is 136 cm³/mol. The molecule has 0 radical (unpaired) electrons. The predicted octanol–water partition coefficient (Wildman–Crippen LogP) is 5.69. The fourth-order valence-electron chi connectivity index (χ4n) is 3.73. The lowest BCUT2D eigenvalue weighted by atomic mass is 10.1. The van der Waals surface area contributed by atoms with Gasteiger partial charge in [-0.3, -0.25) is 4.79 Å². The van der Waals surface area contributed by atoms with Crippen LogP contribution in [0.1, 0.15) is 46.7 Å². The minimum atomic E-state index is -0.223. The zero-order valence-corrected chi connectivity index (χ0v) is 20.2. The number of benzene rings is 2. The quantitative estimate of drug-likeness (QED) is 0.202. The van der Waals surface area contributed by atoms with E-state index in [1.54, 1.807) is 18.0 Å². The molecule has 0 aliphatic rings. The number of hydrogen-bond donors (Lipinski definition) is 2. The smallest absolute Gasteiger partial charge is 0.271 e. The molecule has 2 heterocycles. The minimum Gasteiger partial charge on any atom is -0.348 e. The third-order valence-corrected chi connectivity index (χ3v) is 6.43. The average Bonchev–Trinajstić information content (AvgIpc) is 3.33. The highest BCUT2D eigenvalue weighted by Gasteiger charge is 2.10. The summed E-state index contributed by atoms with van der Waals surface area (Å²) in [5.41, 5.74) is 9.72. The molecule has 6 nitrogen and oxygen atoms in total. The molecule has 170 valence electrons. The summed E-state index contributed by atoms with van der Waals surface area (Å²) in [5, 5.41) is 5.07. The Morgan fingerprint density at radius 3 is 2.67 bits per heavy atom. The Bertz CT molecular complexity index is 1250. The van der Waals surface area contributed by atoms with E-state index in [0.717, 1.165) is 45.3 Å². The number of rotatable bonds is 8. The summed E-state index contributed by atoms with van der Waals surface area (Å²) >= 11 is 1.64. The Balaban J connectivity index is 1.32. The second-order valence-electron chi connectivity index (χ2n) is 8.57. The number of fused-ring (bicyclic) bond motifs is 1. The standard InChI is InChI=1S/C26H29N5OS/c1-17(2)15-31-18(3)13-22(19(31)4)14-27-30-25(32)21-11-9-20(10-12-21)16-33-26-28-23-7-5-6-8-24(23)29-26/h5-14,17H,15-16H2,1-4H3,(H,28,29)(H,30,32). The van der Waals surface area contributed by atoms with Gasteiger partial charge in [0.2, 0.25) is 0 Å². The van der Waals surface area contributed by atoms with E-state index in [1.807, 2.05) is 48.5 Å². The zero-order valence-electron chi connectivity index (χ0n) is 19.4. The first-order chi connectivity index (χ1) is 15.9. The van der Waals surface area contributed by atoms with Crippen LogP contribution in [0.3, 0.4) is 0 Å². The molecule has 0 spiro atoms. The van der Waals surface area contributed by atoms with Crippen molar-refractivity contribution in [1.82, 2.24) is 20.0 Å². The van der Waals surface area contributed by atoms with E-state index in [-0.39, 0.29) is 5.91 Å². The Labute approximate surface area is 198 Å². The second-order valence-corrected chi connectivity index (χ2v) is 9.54. The lowest BCUT2D eigenvalue weighted by molar-refractivity contribution is 0.0955. The van der Waals surface area contributed by atoms with Crippen LogP contribution >= 0.6 is 11.8 Å². The number of thioether (sulfide) groups is 1. The monoisotopic (exact) mass is 459 g/mol. The first-order valence-corrected chi connectivity index (χ1v) is 12.1. The number of amides is 1. The molecule has 0 aliphatic carbocycles. The van der Waals surface area contributed by atoms with Crippen LogP contribution in [0.15, 0.2) is 64.9 Å². The molecule has 0 saturated carbocycles. The average molecular weight is 460 g/mol. The maximum atomic E-state index is 12.5. The maximum Gasteiger partial charge on any atom is 0.271 e. The molecule has 2 N–H and O–H groups in total. The molecule has 0 bridgehead atoms. The molecular weight excluding hydrogens is 430 g/mol. The normalized spacial score (nSPS) is 11.7. The number of nitrogens with one attached hydrogen (secondary N) is 2. The van der Waals surface area contributed by atoms with Crippen molar-refractivity contribution in [3.63, 3.8) is 0 Å². The van der Waals surface area contributed by atoms with Gasteiger partial charge in [0.1, 0.15) is 0 Å². The Morgan fingerprint density at radius 2 is 1.94 bits per heavy atom. The van der Waals surface area contributed by atoms with Gasteiger partial charge < -0.3 is 9.55 Å². The Hall–Kier alpha value is -3.32. The van der Waals surface area contributed by atoms with Gasteiger partial charge in [0, 0.05) is 34.8 Å². The summed E-state index contributed by atoms with van der Waals surface area (Å²) in [6.45, 7) is 9.56. The van der Waals surface area contributed by atoms with E-state index in [1.165, 1.54) is 5.69 Å². The van der Waals surface area contributed by atoms with Crippen molar-refractivity contribution < 1.29 is 4.79 Å². The third kappa shape index (κ3) is 5.54. The number of aromatic amines is 1. The van der Waals surface area contributed by atoms with Crippen LogP contribution in [-0.4, -0.2) is 26.7 Å². The van der Waals surface area contributed by atoms with Gasteiger partial charge in [0.25, 0.3) is 5.91 Å². The first kappa shape index (κ1) is 22.9. The van der Waals surface area contributed by atoms with Crippen LogP contribution in [0.2, 0.25) is 0 Å². The van der Waals surface area contributed by atoms with Gasteiger partial charge in [-0.2, -0.15) is 5.10 Å². The van der Waals surface area contributed by atoms with Crippen molar-refractivity contribution in [2.75, 3.05) is 0 Å². The molecule has 0 saturated heterocycles. The van der Waals surface area contributed by atoms with E-state index in [4.69, 9.17) is 0 Å². The number of hydrazone groups is 1. The van der Waals surface area contributed by atoms with Gasteiger partial charge in [-0.15, -0.1) is 0 Å². The number of aryl methyl sites for hydroxylation is 1. The van der Waals surface area contributed by atoms with Crippen LogP contribution < -0.4 is 5.43 Å². The van der Waals surface area contributed by atoms with Gasteiger partial charge in [0.05, 0.1) is 17.2 Å². The van der Waals surface area contributed by atoms with Crippen LogP contribution in [0.25, 0.3) is 11.0 Å². The largest absolute Gasteiger partial charge is 0.348 e. The number of nitrogens with zero attached hydrogens (tertiary/aromatic N) is 3. The molecule has 7 heteroatoms. The third-order valence-electron chi connectivity index (χ3n) is 5.49. The van der Waals surface area contributed by atoms with Gasteiger partial charge >= 0.3 is 0 Å². The van der Waals surface area contributed by atoms with Gasteiger partial charge in [0.15, 0.2) is 5.16 Å².